The number of halogens is 2. The van der Waals surface area contributed by atoms with E-state index in [9.17, 15) is 13.6 Å². The standard InChI is InChI=1S/C15H19F2N5O3S/c1-24-8-2-7-19-12(23)9-26-15-21-20-13(22(15)18)10-3-5-11(6-4-10)25-14(16)17/h3-6,14H,2,7-9,18H2,1H3,(H,19,23). The van der Waals surface area contributed by atoms with Gasteiger partial charge < -0.3 is 20.6 Å². The van der Waals surface area contributed by atoms with Crippen molar-refractivity contribution in [3.05, 3.63) is 24.3 Å². The van der Waals surface area contributed by atoms with E-state index in [0.717, 1.165) is 18.2 Å². The number of thioether (sulfide) groups is 1. The number of methoxy groups -OCH3 is 1. The molecule has 0 saturated heterocycles. The number of nitrogen functional groups attached to an aromatic ring is 1. The first-order valence-electron chi connectivity index (χ1n) is 7.65. The number of hydrogen-bond donors (Lipinski definition) is 2. The maximum atomic E-state index is 12.2. The van der Waals surface area contributed by atoms with Gasteiger partial charge in [-0.25, -0.2) is 4.68 Å². The summed E-state index contributed by atoms with van der Waals surface area (Å²) in [6.07, 6.45) is 0.732. The molecule has 3 N–H and O–H groups in total. The van der Waals surface area contributed by atoms with Gasteiger partial charge in [0.05, 0.1) is 5.75 Å². The van der Waals surface area contributed by atoms with E-state index in [1.165, 1.54) is 16.8 Å². The Morgan fingerprint density at radius 3 is 2.73 bits per heavy atom. The average Bonchev–Trinajstić information content (AvgIpc) is 2.98. The van der Waals surface area contributed by atoms with Crippen molar-refractivity contribution in [1.82, 2.24) is 20.2 Å². The predicted molar refractivity (Wildman–Crippen MR) is 92.5 cm³/mol. The average molecular weight is 387 g/mol. The van der Waals surface area contributed by atoms with Gasteiger partial charge in [-0.05, 0) is 30.7 Å². The van der Waals surface area contributed by atoms with Crippen LogP contribution < -0.4 is 15.9 Å². The second-order valence-corrected chi connectivity index (χ2v) is 6.01. The molecule has 1 heterocycles. The lowest BCUT2D eigenvalue weighted by molar-refractivity contribution is -0.118. The van der Waals surface area contributed by atoms with Crippen LogP contribution in [0.1, 0.15) is 6.42 Å². The third-order valence-corrected chi connectivity index (χ3v) is 4.13. The van der Waals surface area contributed by atoms with E-state index in [1.807, 2.05) is 0 Å². The molecule has 0 aliphatic heterocycles. The van der Waals surface area contributed by atoms with Gasteiger partial charge in [0.15, 0.2) is 5.82 Å². The topological polar surface area (TPSA) is 104 Å². The molecule has 0 radical (unpaired) electrons. The Balaban J connectivity index is 1.91. The summed E-state index contributed by atoms with van der Waals surface area (Å²) in [5.41, 5.74) is 0.581. The third-order valence-electron chi connectivity index (χ3n) is 3.18. The summed E-state index contributed by atoms with van der Waals surface area (Å²) >= 11 is 1.14. The molecule has 8 nitrogen and oxygen atoms in total. The predicted octanol–water partition coefficient (Wildman–Crippen LogP) is 1.51. The Bertz CT molecular complexity index is 712. The zero-order valence-corrected chi connectivity index (χ0v) is 14.8. The minimum absolute atomic E-state index is 0.0339. The summed E-state index contributed by atoms with van der Waals surface area (Å²) in [5.74, 6) is 6.32. The number of aromatic nitrogens is 3. The number of rotatable bonds is 10. The SMILES string of the molecule is COCCCNC(=O)CSc1nnc(-c2ccc(OC(F)F)cc2)n1N. The van der Waals surface area contributed by atoms with Crippen LogP contribution >= 0.6 is 11.8 Å². The van der Waals surface area contributed by atoms with Gasteiger partial charge in [0.2, 0.25) is 11.1 Å². The zero-order chi connectivity index (χ0) is 18.9. The molecule has 0 spiro atoms. The molecule has 0 aliphatic rings. The first-order chi connectivity index (χ1) is 12.5. The summed E-state index contributed by atoms with van der Waals surface area (Å²) in [6, 6.07) is 5.86. The number of nitrogens with two attached hydrogens (primary N) is 1. The number of hydrogen-bond acceptors (Lipinski definition) is 7. The van der Waals surface area contributed by atoms with E-state index in [4.69, 9.17) is 10.6 Å². The first kappa shape index (κ1) is 19.9. The minimum atomic E-state index is -2.89. The lowest BCUT2D eigenvalue weighted by Gasteiger charge is -2.06. The normalized spacial score (nSPS) is 10.9. The van der Waals surface area contributed by atoms with Gasteiger partial charge >= 0.3 is 6.61 Å². The van der Waals surface area contributed by atoms with Crippen molar-refractivity contribution in [1.29, 1.82) is 0 Å². The summed E-state index contributed by atoms with van der Waals surface area (Å²) in [6.45, 7) is -1.78. The molecule has 2 rings (SSSR count). The molecule has 0 saturated carbocycles. The Hall–Kier alpha value is -2.40. The molecule has 0 aliphatic carbocycles. The number of carbonyl (C=O) groups excluding carboxylic acids is 1. The fourth-order valence-corrected chi connectivity index (χ4v) is 2.67. The summed E-state index contributed by atoms with van der Waals surface area (Å²) in [4.78, 5) is 11.7. The van der Waals surface area contributed by atoms with Gasteiger partial charge in [0.25, 0.3) is 0 Å². The summed E-state index contributed by atoms with van der Waals surface area (Å²) < 4.78 is 34.8. The van der Waals surface area contributed by atoms with Crippen LogP contribution in [0.3, 0.4) is 0 Å². The van der Waals surface area contributed by atoms with Crippen molar-refractivity contribution in [2.75, 3.05) is 31.9 Å². The number of nitrogens with one attached hydrogen (secondary N) is 1. The molecule has 1 aromatic carbocycles. The minimum Gasteiger partial charge on any atom is -0.435 e. The lowest BCUT2D eigenvalue weighted by atomic mass is 10.2. The quantitative estimate of drug-likeness (QED) is 0.362. The first-order valence-corrected chi connectivity index (χ1v) is 8.64. The molecule has 0 atom stereocenters. The number of carbonyl (C=O) groups is 1. The van der Waals surface area contributed by atoms with Crippen LogP contribution in [0.4, 0.5) is 8.78 Å². The van der Waals surface area contributed by atoms with Crippen LogP contribution in [0.15, 0.2) is 29.4 Å². The zero-order valence-electron chi connectivity index (χ0n) is 14.0. The number of amides is 1. The van der Waals surface area contributed by atoms with Crippen LogP contribution in [-0.2, 0) is 9.53 Å². The van der Waals surface area contributed by atoms with E-state index >= 15 is 0 Å². The molecule has 0 unspecified atom stereocenters. The fraction of sp³-hybridized carbons (Fsp3) is 0.400. The highest BCUT2D eigenvalue weighted by Crippen LogP contribution is 2.24. The monoisotopic (exact) mass is 387 g/mol. The summed E-state index contributed by atoms with van der Waals surface area (Å²) in [7, 11) is 1.60. The van der Waals surface area contributed by atoms with Crippen molar-refractivity contribution in [2.45, 2.75) is 18.2 Å². The molecule has 2 aromatic rings. The fourth-order valence-electron chi connectivity index (χ4n) is 1.98. The molecule has 0 bridgehead atoms. The Labute approximate surface area is 153 Å². The van der Waals surface area contributed by atoms with E-state index in [0.29, 0.717) is 29.7 Å². The Morgan fingerprint density at radius 2 is 2.08 bits per heavy atom. The maximum Gasteiger partial charge on any atom is 0.387 e. The highest BCUT2D eigenvalue weighted by Gasteiger charge is 2.14. The van der Waals surface area contributed by atoms with Crippen LogP contribution in [0, 0.1) is 0 Å². The van der Waals surface area contributed by atoms with Crippen molar-refractivity contribution in [3.8, 4) is 17.1 Å². The van der Waals surface area contributed by atoms with Gasteiger partial charge in [-0.1, -0.05) is 11.8 Å². The van der Waals surface area contributed by atoms with Gasteiger partial charge in [0, 0.05) is 25.8 Å². The molecular weight excluding hydrogens is 368 g/mol. The molecule has 142 valence electrons. The third kappa shape index (κ3) is 5.85. The lowest BCUT2D eigenvalue weighted by Crippen LogP contribution is -2.27. The van der Waals surface area contributed by atoms with Crippen LogP contribution in [0.5, 0.6) is 5.75 Å². The van der Waals surface area contributed by atoms with Crippen molar-refractivity contribution in [3.63, 3.8) is 0 Å². The number of ether oxygens (including phenoxy) is 2. The number of nitrogens with zero attached hydrogens (tertiary/aromatic N) is 3. The second-order valence-electron chi connectivity index (χ2n) is 5.06. The smallest absolute Gasteiger partial charge is 0.387 e. The van der Waals surface area contributed by atoms with Crippen molar-refractivity contribution < 1.29 is 23.0 Å². The molecule has 11 heteroatoms. The second kappa shape index (κ2) is 9.92. The van der Waals surface area contributed by atoms with Gasteiger partial charge in [-0.15, -0.1) is 10.2 Å². The van der Waals surface area contributed by atoms with Gasteiger partial charge in [-0.3, -0.25) is 4.79 Å². The highest BCUT2D eigenvalue weighted by atomic mass is 32.2. The van der Waals surface area contributed by atoms with Gasteiger partial charge in [0.1, 0.15) is 5.75 Å². The van der Waals surface area contributed by atoms with Crippen molar-refractivity contribution in [2.24, 2.45) is 0 Å². The summed E-state index contributed by atoms with van der Waals surface area (Å²) in [5, 5.41) is 11.0. The van der Waals surface area contributed by atoms with Crippen LogP contribution in [-0.4, -0.2) is 53.4 Å². The van der Waals surface area contributed by atoms with Crippen molar-refractivity contribution >= 4 is 17.7 Å². The van der Waals surface area contributed by atoms with Crippen LogP contribution in [0.2, 0.25) is 0 Å². The van der Waals surface area contributed by atoms with E-state index < -0.39 is 6.61 Å². The number of benzene rings is 1. The van der Waals surface area contributed by atoms with E-state index in [1.54, 1.807) is 19.2 Å². The molecule has 0 fully saturated rings. The number of alkyl halides is 2. The van der Waals surface area contributed by atoms with Gasteiger partial charge in [-0.2, -0.15) is 8.78 Å². The highest BCUT2D eigenvalue weighted by molar-refractivity contribution is 7.99. The van der Waals surface area contributed by atoms with E-state index in [-0.39, 0.29) is 17.4 Å². The molecule has 1 amide bonds. The molecule has 1 aromatic heterocycles. The Morgan fingerprint density at radius 1 is 1.35 bits per heavy atom. The largest absolute Gasteiger partial charge is 0.435 e. The molecular formula is C15H19F2N5O3S. The maximum absolute atomic E-state index is 12.2. The Kier molecular flexibility index (Phi) is 7.60. The van der Waals surface area contributed by atoms with Crippen LogP contribution in [0.25, 0.3) is 11.4 Å². The molecule has 26 heavy (non-hydrogen) atoms. The van der Waals surface area contributed by atoms with E-state index in [2.05, 4.69) is 20.3 Å².